The molecule has 3 rings (SSSR count). The Hall–Kier alpha value is -2.85. The molecule has 0 spiro atoms. The topological polar surface area (TPSA) is 96.6 Å². The van der Waals surface area contributed by atoms with Gasteiger partial charge in [-0.3, -0.25) is 0 Å². The van der Waals surface area contributed by atoms with Crippen LogP contribution < -0.4 is 4.72 Å². The summed E-state index contributed by atoms with van der Waals surface area (Å²) in [6.07, 6.45) is -4.54. The fraction of sp³-hybridized carbons (Fsp3) is 0.211. The zero-order valence-corrected chi connectivity index (χ0v) is 16.1. The fourth-order valence-electron chi connectivity index (χ4n) is 2.92. The Balaban J connectivity index is 1.93. The van der Waals surface area contributed by atoms with Crippen LogP contribution in [0.25, 0.3) is 11.0 Å². The number of furan rings is 1. The monoisotopic (exact) mass is 427 g/mol. The van der Waals surface area contributed by atoms with Crippen molar-refractivity contribution in [3.8, 4) is 0 Å². The summed E-state index contributed by atoms with van der Waals surface area (Å²) < 4.78 is 71.6. The van der Waals surface area contributed by atoms with Crippen LogP contribution in [0.3, 0.4) is 0 Å². The Morgan fingerprint density at radius 1 is 1.17 bits per heavy atom. The van der Waals surface area contributed by atoms with Gasteiger partial charge in [-0.05, 0) is 49.7 Å². The maximum Gasteiger partial charge on any atom is 0.416 e. The zero-order valence-electron chi connectivity index (χ0n) is 15.2. The molecule has 2 aromatic carbocycles. The minimum absolute atomic E-state index is 0.150. The molecule has 1 atom stereocenters. The van der Waals surface area contributed by atoms with E-state index in [4.69, 9.17) is 9.52 Å². The maximum absolute atomic E-state index is 12.9. The van der Waals surface area contributed by atoms with E-state index in [1.54, 1.807) is 0 Å². The molecule has 0 aliphatic carbocycles. The molecule has 0 bridgehead atoms. The number of nitrogens with one attached hydrogen (secondary N) is 1. The molecule has 2 N–H and O–H groups in total. The Labute approximate surface area is 164 Å². The molecule has 1 unspecified atom stereocenters. The number of hydrogen-bond acceptors (Lipinski definition) is 4. The van der Waals surface area contributed by atoms with Crippen molar-refractivity contribution in [2.45, 2.75) is 31.0 Å². The van der Waals surface area contributed by atoms with E-state index in [2.05, 4.69) is 4.72 Å². The predicted molar refractivity (Wildman–Crippen MR) is 98.1 cm³/mol. The Bertz CT molecular complexity index is 1200. The molecule has 154 valence electrons. The van der Waals surface area contributed by atoms with Crippen molar-refractivity contribution in [1.82, 2.24) is 4.72 Å². The smallest absolute Gasteiger partial charge is 0.416 e. The predicted octanol–water partition coefficient (Wildman–Crippen LogP) is 4.50. The van der Waals surface area contributed by atoms with Crippen LogP contribution in [-0.4, -0.2) is 19.5 Å². The molecule has 0 fully saturated rings. The molecule has 0 radical (unpaired) electrons. The second kappa shape index (κ2) is 7.20. The van der Waals surface area contributed by atoms with E-state index in [-0.39, 0.29) is 27.4 Å². The van der Waals surface area contributed by atoms with E-state index in [1.807, 2.05) is 0 Å². The normalized spacial score (nSPS) is 13.6. The van der Waals surface area contributed by atoms with Crippen molar-refractivity contribution in [3.05, 3.63) is 64.9 Å². The third kappa shape index (κ3) is 4.13. The van der Waals surface area contributed by atoms with Crippen molar-refractivity contribution in [2.24, 2.45) is 0 Å². The first-order chi connectivity index (χ1) is 13.4. The second-order valence-electron chi connectivity index (χ2n) is 6.49. The summed E-state index contributed by atoms with van der Waals surface area (Å²) in [5.74, 6) is -1.57. The van der Waals surface area contributed by atoms with Gasteiger partial charge in [-0.25, -0.2) is 17.9 Å². The number of rotatable bonds is 5. The van der Waals surface area contributed by atoms with E-state index in [0.29, 0.717) is 5.39 Å². The van der Waals surface area contributed by atoms with Crippen molar-refractivity contribution in [3.63, 3.8) is 0 Å². The zero-order chi connectivity index (χ0) is 21.6. The maximum atomic E-state index is 12.9. The number of benzene rings is 2. The number of aryl methyl sites for hydroxylation is 1. The van der Waals surface area contributed by atoms with Crippen LogP contribution in [-0.2, 0) is 16.2 Å². The average molecular weight is 427 g/mol. The van der Waals surface area contributed by atoms with Gasteiger partial charge in [0.2, 0.25) is 15.8 Å². The summed E-state index contributed by atoms with van der Waals surface area (Å²) in [4.78, 5) is 11.0. The quantitative estimate of drug-likeness (QED) is 0.625. The van der Waals surface area contributed by atoms with Crippen LogP contribution in [0, 0.1) is 6.92 Å². The van der Waals surface area contributed by atoms with Crippen LogP contribution >= 0.6 is 0 Å². The minimum Gasteiger partial charge on any atom is -0.475 e. The number of alkyl halides is 3. The van der Waals surface area contributed by atoms with Crippen LogP contribution in [0.15, 0.2) is 51.8 Å². The van der Waals surface area contributed by atoms with Crippen LogP contribution in [0.4, 0.5) is 13.2 Å². The van der Waals surface area contributed by atoms with Crippen molar-refractivity contribution in [1.29, 1.82) is 0 Å². The number of halogens is 3. The van der Waals surface area contributed by atoms with Gasteiger partial charge in [-0.15, -0.1) is 0 Å². The summed E-state index contributed by atoms with van der Waals surface area (Å²) in [5.41, 5.74) is -0.241. The first-order valence-electron chi connectivity index (χ1n) is 8.36. The number of carboxylic acids is 1. The summed E-state index contributed by atoms with van der Waals surface area (Å²) in [6.45, 7) is 2.92. The highest BCUT2D eigenvalue weighted by Crippen LogP contribution is 2.31. The number of carboxylic acid groups (broad SMARTS) is 1. The summed E-state index contributed by atoms with van der Waals surface area (Å²) >= 11 is 0. The molecule has 3 aromatic rings. The molecule has 1 heterocycles. The lowest BCUT2D eigenvalue weighted by Gasteiger charge is -2.16. The van der Waals surface area contributed by atoms with Gasteiger partial charge in [0.1, 0.15) is 5.58 Å². The fourth-order valence-corrected chi connectivity index (χ4v) is 4.18. The lowest BCUT2D eigenvalue weighted by Crippen LogP contribution is -2.27. The SMILES string of the molecule is Cc1c(C(=O)O)oc2ccc(S(=O)(=O)NC(C)c3cccc(C(F)(F)F)c3)cc12. The van der Waals surface area contributed by atoms with Gasteiger partial charge >= 0.3 is 12.1 Å². The van der Waals surface area contributed by atoms with Crippen molar-refractivity contribution >= 4 is 27.0 Å². The highest BCUT2D eigenvalue weighted by atomic mass is 32.2. The standard InChI is InChI=1S/C19H16F3NO5S/c1-10-15-9-14(6-7-16(15)28-17(10)18(24)25)29(26,27)23-11(2)12-4-3-5-13(8-12)19(20,21)22/h3-9,11,23H,1-2H3,(H,24,25). The van der Waals surface area contributed by atoms with Crippen LogP contribution in [0.1, 0.15) is 40.2 Å². The van der Waals surface area contributed by atoms with Crippen molar-refractivity contribution < 1.29 is 35.9 Å². The van der Waals surface area contributed by atoms with Crippen molar-refractivity contribution in [2.75, 3.05) is 0 Å². The first kappa shape index (κ1) is 20.9. The molecule has 0 aliphatic heterocycles. The molecular formula is C19H16F3NO5S. The van der Waals surface area contributed by atoms with Crippen LogP contribution in [0.2, 0.25) is 0 Å². The van der Waals surface area contributed by atoms with E-state index in [1.165, 1.54) is 44.2 Å². The largest absolute Gasteiger partial charge is 0.475 e. The van der Waals surface area contributed by atoms with Gasteiger partial charge in [0.05, 0.1) is 10.5 Å². The molecule has 0 amide bonds. The molecule has 10 heteroatoms. The molecule has 0 saturated heterocycles. The molecule has 0 saturated carbocycles. The molecule has 6 nitrogen and oxygen atoms in total. The number of aromatic carboxylic acids is 1. The summed E-state index contributed by atoms with van der Waals surface area (Å²) in [5, 5.41) is 9.43. The second-order valence-corrected chi connectivity index (χ2v) is 8.20. The minimum atomic E-state index is -4.54. The van der Waals surface area contributed by atoms with Gasteiger partial charge in [-0.1, -0.05) is 12.1 Å². The van der Waals surface area contributed by atoms with E-state index >= 15 is 0 Å². The van der Waals surface area contributed by atoms with Gasteiger partial charge < -0.3 is 9.52 Å². The van der Waals surface area contributed by atoms with Gasteiger partial charge in [0.25, 0.3) is 0 Å². The Morgan fingerprint density at radius 2 is 1.86 bits per heavy atom. The van der Waals surface area contributed by atoms with E-state index < -0.39 is 33.8 Å². The lowest BCUT2D eigenvalue weighted by atomic mass is 10.1. The Morgan fingerprint density at radius 3 is 2.48 bits per heavy atom. The van der Waals surface area contributed by atoms with E-state index in [0.717, 1.165) is 12.1 Å². The molecule has 29 heavy (non-hydrogen) atoms. The molecular weight excluding hydrogens is 411 g/mol. The average Bonchev–Trinajstić information content (AvgIpc) is 2.97. The van der Waals surface area contributed by atoms with Gasteiger partial charge in [0.15, 0.2) is 0 Å². The number of carbonyl (C=O) groups is 1. The van der Waals surface area contributed by atoms with E-state index in [9.17, 15) is 26.4 Å². The summed E-state index contributed by atoms with van der Waals surface area (Å²) in [7, 11) is -4.10. The Kier molecular flexibility index (Phi) is 5.18. The number of fused-ring (bicyclic) bond motifs is 1. The third-order valence-corrected chi connectivity index (χ3v) is 6.00. The van der Waals surface area contributed by atoms with Gasteiger partial charge in [0, 0.05) is 17.0 Å². The number of hydrogen-bond donors (Lipinski definition) is 2. The van der Waals surface area contributed by atoms with Crippen LogP contribution in [0.5, 0.6) is 0 Å². The molecule has 0 aliphatic rings. The first-order valence-corrected chi connectivity index (χ1v) is 9.84. The number of sulfonamides is 1. The summed E-state index contributed by atoms with van der Waals surface area (Å²) in [6, 6.07) is 7.29. The highest BCUT2D eigenvalue weighted by Gasteiger charge is 2.31. The third-order valence-electron chi connectivity index (χ3n) is 4.46. The highest BCUT2D eigenvalue weighted by molar-refractivity contribution is 7.89. The lowest BCUT2D eigenvalue weighted by molar-refractivity contribution is -0.137. The molecule has 1 aromatic heterocycles. The van der Waals surface area contributed by atoms with Gasteiger partial charge in [-0.2, -0.15) is 13.2 Å².